The highest BCUT2D eigenvalue weighted by molar-refractivity contribution is 5.95. The maximum Gasteiger partial charge on any atom is 0.251 e. The van der Waals surface area contributed by atoms with Crippen molar-refractivity contribution in [3.8, 4) is 11.5 Å². The SMILES string of the molecule is CCOc1ccc(C(=O)NC2CCCNC2C)cc1OC. The number of benzene rings is 1. The Morgan fingerprint density at radius 2 is 2.24 bits per heavy atom. The van der Waals surface area contributed by atoms with E-state index in [1.807, 2.05) is 6.92 Å². The van der Waals surface area contributed by atoms with Gasteiger partial charge in [-0.2, -0.15) is 0 Å². The second kappa shape index (κ2) is 7.31. The van der Waals surface area contributed by atoms with Crippen LogP contribution >= 0.6 is 0 Å². The summed E-state index contributed by atoms with van der Waals surface area (Å²) in [6.45, 7) is 5.60. The summed E-state index contributed by atoms with van der Waals surface area (Å²) < 4.78 is 10.7. The summed E-state index contributed by atoms with van der Waals surface area (Å²) in [7, 11) is 1.58. The molecular formula is C16H24N2O3. The van der Waals surface area contributed by atoms with Gasteiger partial charge in [0.2, 0.25) is 0 Å². The van der Waals surface area contributed by atoms with Gasteiger partial charge in [0, 0.05) is 17.6 Å². The number of nitrogens with one attached hydrogen (secondary N) is 2. The van der Waals surface area contributed by atoms with E-state index in [2.05, 4.69) is 17.6 Å². The van der Waals surface area contributed by atoms with E-state index in [1.165, 1.54) is 0 Å². The second-order valence-corrected chi connectivity index (χ2v) is 5.26. The van der Waals surface area contributed by atoms with Gasteiger partial charge in [-0.05, 0) is 51.4 Å². The molecule has 1 aromatic rings. The first-order chi connectivity index (χ1) is 10.2. The van der Waals surface area contributed by atoms with Crippen LogP contribution in [0.3, 0.4) is 0 Å². The van der Waals surface area contributed by atoms with Gasteiger partial charge in [-0.15, -0.1) is 0 Å². The molecule has 21 heavy (non-hydrogen) atoms. The van der Waals surface area contributed by atoms with Gasteiger partial charge in [0.25, 0.3) is 5.91 Å². The summed E-state index contributed by atoms with van der Waals surface area (Å²) in [5.41, 5.74) is 0.591. The number of piperidine rings is 1. The number of hydrogen-bond donors (Lipinski definition) is 2. The zero-order valence-electron chi connectivity index (χ0n) is 12.9. The van der Waals surface area contributed by atoms with Gasteiger partial charge in [-0.1, -0.05) is 0 Å². The summed E-state index contributed by atoms with van der Waals surface area (Å²) in [5, 5.41) is 6.47. The second-order valence-electron chi connectivity index (χ2n) is 5.26. The fourth-order valence-electron chi connectivity index (χ4n) is 2.58. The average molecular weight is 292 g/mol. The molecule has 2 unspecified atom stereocenters. The standard InChI is InChI=1S/C16H24N2O3/c1-4-21-14-8-7-12(10-15(14)20-3)16(19)18-13-6-5-9-17-11(13)2/h7-8,10-11,13,17H,4-6,9H2,1-3H3,(H,18,19). The van der Waals surface area contributed by atoms with Gasteiger partial charge in [-0.3, -0.25) is 4.79 Å². The predicted molar refractivity (Wildman–Crippen MR) is 82.1 cm³/mol. The first-order valence-electron chi connectivity index (χ1n) is 7.50. The molecule has 5 nitrogen and oxygen atoms in total. The van der Waals surface area contributed by atoms with E-state index < -0.39 is 0 Å². The Morgan fingerprint density at radius 1 is 1.43 bits per heavy atom. The Labute approximate surface area is 126 Å². The van der Waals surface area contributed by atoms with Gasteiger partial charge >= 0.3 is 0 Å². The number of carbonyl (C=O) groups excluding carboxylic acids is 1. The average Bonchev–Trinajstić information content (AvgIpc) is 2.50. The molecule has 1 aliphatic heterocycles. The molecule has 1 heterocycles. The molecule has 1 fully saturated rings. The summed E-state index contributed by atoms with van der Waals surface area (Å²) in [4.78, 5) is 12.4. The predicted octanol–water partition coefficient (Wildman–Crippen LogP) is 1.96. The summed E-state index contributed by atoms with van der Waals surface area (Å²) in [6.07, 6.45) is 2.09. The quantitative estimate of drug-likeness (QED) is 0.871. The lowest BCUT2D eigenvalue weighted by Crippen LogP contribution is -2.51. The molecule has 0 aliphatic carbocycles. The Hall–Kier alpha value is -1.75. The van der Waals surface area contributed by atoms with Crippen molar-refractivity contribution in [2.45, 2.75) is 38.8 Å². The minimum atomic E-state index is -0.0723. The Kier molecular flexibility index (Phi) is 5.44. The highest BCUT2D eigenvalue weighted by atomic mass is 16.5. The molecule has 1 aliphatic rings. The van der Waals surface area contributed by atoms with Gasteiger partial charge in [0.15, 0.2) is 11.5 Å². The fraction of sp³-hybridized carbons (Fsp3) is 0.562. The lowest BCUT2D eigenvalue weighted by Gasteiger charge is -2.30. The molecule has 2 N–H and O–H groups in total. The largest absolute Gasteiger partial charge is 0.493 e. The third kappa shape index (κ3) is 3.88. The molecule has 0 radical (unpaired) electrons. The lowest BCUT2D eigenvalue weighted by atomic mass is 9.99. The third-order valence-electron chi connectivity index (χ3n) is 3.80. The monoisotopic (exact) mass is 292 g/mol. The van der Waals surface area contributed by atoms with Crippen molar-refractivity contribution in [2.75, 3.05) is 20.3 Å². The number of carbonyl (C=O) groups is 1. The van der Waals surface area contributed by atoms with E-state index in [0.29, 0.717) is 29.7 Å². The van der Waals surface area contributed by atoms with Crippen molar-refractivity contribution in [2.24, 2.45) is 0 Å². The van der Waals surface area contributed by atoms with E-state index in [1.54, 1.807) is 25.3 Å². The van der Waals surface area contributed by atoms with Crippen molar-refractivity contribution >= 4 is 5.91 Å². The molecule has 5 heteroatoms. The zero-order valence-corrected chi connectivity index (χ0v) is 12.9. The molecule has 1 aromatic carbocycles. The molecule has 0 bridgehead atoms. The maximum atomic E-state index is 12.4. The van der Waals surface area contributed by atoms with Crippen LogP contribution in [-0.4, -0.2) is 38.3 Å². The third-order valence-corrected chi connectivity index (χ3v) is 3.80. The van der Waals surface area contributed by atoms with Crippen LogP contribution in [0, 0.1) is 0 Å². The first kappa shape index (κ1) is 15.6. The first-order valence-corrected chi connectivity index (χ1v) is 7.50. The number of hydrogen-bond acceptors (Lipinski definition) is 4. The van der Waals surface area contributed by atoms with Crippen molar-refractivity contribution in [1.29, 1.82) is 0 Å². The molecule has 116 valence electrons. The van der Waals surface area contributed by atoms with Gasteiger partial charge in [-0.25, -0.2) is 0 Å². The highest BCUT2D eigenvalue weighted by Crippen LogP contribution is 2.28. The maximum absolute atomic E-state index is 12.4. The summed E-state index contributed by atoms with van der Waals surface area (Å²) in [6, 6.07) is 5.74. The molecule has 0 saturated carbocycles. The summed E-state index contributed by atoms with van der Waals surface area (Å²) >= 11 is 0. The smallest absolute Gasteiger partial charge is 0.251 e. The molecule has 1 amide bonds. The normalized spacial score (nSPS) is 21.7. The van der Waals surface area contributed by atoms with Gasteiger partial charge in [0.05, 0.1) is 13.7 Å². The van der Waals surface area contributed by atoms with E-state index in [4.69, 9.17) is 9.47 Å². The molecule has 1 saturated heterocycles. The van der Waals surface area contributed by atoms with Crippen molar-refractivity contribution in [1.82, 2.24) is 10.6 Å². The Morgan fingerprint density at radius 3 is 2.90 bits per heavy atom. The molecular weight excluding hydrogens is 268 g/mol. The van der Waals surface area contributed by atoms with Crippen molar-refractivity contribution < 1.29 is 14.3 Å². The number of ether oxygens (including phenoxy) is 2. The van der Waals surface area contributed by atoms with E-state index >= 15 is 0 Å². The minimum absolute atomic E-state index is 0.0723. The highest BCUT2D eigenvalue weighted by Gasteiger charge is 2.23. The van der Waals surface area contributed by atoms with Crippen LogP contribution in [0.1, 0.15) is 37.0 Å². The van der Waals surface area contributed by atoms with E-state index in [0.717, 1.165) is 19.4 Å². The number of methoxy groups -OCH3 is 1. The van der Waals surface area contributed by atoms with Crippen molar-refractivity contribution in [3.63, 3.8) is 0 Å². The Balaban J connectivity index is 2.08. The number of rotatable bonds is 5. The van der Waals surface area contributed by atoms with Gasteiger partial charge in [0.1, 0.15) is 0 Å². The summed E-state index contributed by atoms with van der Waals surface area (Å²) in [5.74, 6) is 1.17. The topological polar surface area (TPSA) is 59.6 Å². The van der Waals surface area contributed by atoms with Crippen LogP contribution in [0.2, 0.25) is 0 Å². The molecule has 0 aromatic heterocycles. The molecule has 0 spiro atoms. The van der Waals surface area contributed by atoms with Crippen LogP contribution in [0.25, 0.3) is 0 Å². The van der Waals surface area contributed by atoms with Crippen LogP contribution in [0.5, 0.6) is 11.5 Å². The van der Waals surface area contributed by atoms with Crippen LogP contribution in [0.4, 0.5) is 0 Å². The van der Waals surface area contributed by atoms with Gasteiger partial charge < -0.3 is 20.1 Å². The zero-order chi connectivity index (χ0) is 15.2. The van der Waals surface area contributed by atoms with Crippen LogP contribution in [0.15, 0.2) is 18.2 Å². The van der Waals surface area contributed by atoms with E-state index in [-0.39, 0.29) is 11.9 Å². The van der Waals surface area contributed by atoms with Crippen molar-refractivity contribution in [3.05, 3.63) is 23.8 Å². The van der Waals surface area contributed by atoms with Crippen LogP contribution < -0.4 is 20.1 Å². The lowest BCUT2D eigenvalue weighted by molar-refractivity contribution is 0.0919. The van der Waals surface area contributed by atoms with Crippen LogP contribution in [-0.2, 0) is 0 Å². The number of amides is 1. The minimum Gasteiger partial charge on any atom is -0.493 e. The molecule has 2 atom stereocenters. The molecule has 2 rings (SSSR count). The van der Waals surface area contributed by atoms with E-state index in [9.17, 15) is 4.79 Å². The Bertz CT molecular complexity index is 490. The fourth-order valence-corrected chi connectivity index (χ4v) is 2.58.